The van der Waals surface area contributed by atoms with Crippen molar-refractivity contribution in [1.82, 2.24) is 9.97 Å². The number of anilines is 2. The predicted molar refractivity (Wildman–Crippen MR) is 99.6 cm³/mol. The SMILES string of the molecule is Nc1nc(SCc2cccc(F)c2)[nH]c(=O)c1NC(=O)c1ccccc1. The van der Waals surface area contributed by atoms with E-state index in [9.17, 15) is 14.0 Å². The maximum Gasteiger partial charge on any atom is 0.277 e. The van der Waals surface area contributed by atoms with Crippen molar-refractivity contribution in [3.8, 4) is 0 Å². The predicted octanol–water partition coefficient (Wildman–Crippen LogP) is 3.04. The molecule has 0 saturated carbocycles. The van der Waals surface area contributed by atoms with E-state index in [1.807, 2.05) is 0 Å². The van der Waals surface area contributed by atoms with Gasteiger partial charge in [-0.1, -0.05) is 42.1 Å². The second-order valence-corrected chi connectivity index (χ2v) is 6.33. The highest BCUT2D eigenvalue weighted by Gasteiger charge is 2.14. The van der Waals surface area contributed by atoms with Crippen LogP contribution in [0.2, 0.25) is 0 Å². The molecule has 2 aromatic carbocycles. The van der Waals surface area contributed by atoms with E-state index in [1.54, 1.807) is 42.5 Å². The van der Waals surface area contributed by atoms with E-state index < -0.39 is 11.5 Å². The Morgan fingerprint density at radius 3 is 2.65 bits per heavy atom. The number of thioether (sulfide) groups is 1. The average Bonchev–Trinajstić information content (AvgIpc) is 2.63. The van der Waals surface area contributed by atoms with Crippen molar-refractivity contribution in [2.24, 2.45) is 0 Å². The zero-order valence-corrected chi connectivity index (χ0v) is 14.3. The number of amides is 1. The lowest BCUT2D eigenvalue weighted by Gasteiger charge is -2.08. The lowest BCUT2D eigenvalue weighted by atomic mass is 10.2. The van der Waals surface area contributed by atoms with E-state index >= 15 is 0 Å². The summed E-state index contributed by atoms with van der Waals surface area (Å²) in [6.07, 6.45) is 0. The van der Waals surface area contributed by atoms with Crippen LogP contribution in [-0.2, 0) is 5.75 Å². The molecular weight excluding hydrogens is 355 g/mol. The van der Waals surface area contributed by atoms with Crippen molar-refractivity contribution in [1.29, 1.82) is 0 Å². The molecule has 1 aromatic heterocycles. The minimum atomic E-state index is -0.552. The summed E-state index contributed by atoms with van der Waals surface area (Å²) in [5.41, 5.74) is 6.31. The van der Waals surface area contributed by atoms with Gasteiger partial charge >= 0.3 is 0 Å². The van der Waals surface area contributed by atoms with Crippen LogP contribution in [0.25, 0.3) is 0 Å². The molecule has 0 saturated heterocycles. The first-order chi connectivity index (χ1) is 12.5. The van der Waals surface area contributed by atoms with E-state index in [1.165, 1.54) is 23.9 Å². The molecule has 8 heteroatoms. The summed E-state index contributed by atoms with van der Waals surface area (Å²) in [7, 11) is 0. The number of nitrogens with one attached hydrogen (secondary N) is 2. The minimum Gasteiger partial charge on any atom is -0.382 e. The van der Waals surface area contributed by atoms with Crippen LogP contribution < -0.4 is 16.6 Å². The maximum absolute atomic E-state index is 13.2. The Hall–Kier alpha value is -3.13. The van der Waals surface area contributed by atoms with Gasteiger partial charge in [-0.25, -0.2) is 9.37 Å². The standard InChI is InChI=1S/C18H15FN4O2S/c19-13-8-4-5-11(9-13)10-26-18-22-15(20)14(17(25)23-18)21-16(24)12-6-2-1-3-7-12/h1-9H,10H2,(H,21,24)(H3,20,22,23,25). The lowest BCUT2D eigenvalue weighted by molar-refractivity contribution is 0.102. The molecule has 1 heterocycles. The maximum atomic E-state index is 13.2. The van der Waals surface area contributed by atoms with Gasteiger partial charge in [0.2, 0.25) is 0 Å². The van der Waals surface area contributed by atoms with Crippen LogP contribution in [0.1, 0.15) is 15.9 Å². The third kappa shape index (κ3) is 4.28. The quantitative estimate of drug-likeness (QED) is 0.473. The van der Waals surface area contributed by atoms with Crippen LogP contribution in [0.15, 0.2) is 64.5 Å². The van der Waals surface area contributed by atoms with Crippen LogP contribution >= 0.6 is 11.8 Å². The summed E-state index contributed by atoms with van der Waals surface area (Å²) in [6.45, 7) is 0. The molecule has 0 spiro atoms. The number of rotatable bonds is 5. The normalized spacial score (nSPS) is 10.5. The summed E-state index contributed by atoms with van der Waals surface area (Å²) in [5.74, 6) is -0.455. The summed E-state index contributed by atoms with van der Waals surface area (Å²) in [6, 6.07) is 14.6. The van der Waals surface area contributed by atoms with Crippen LogP contribution in [0.4, 0.5) is 15.9 Å². The first-order valence-electron chi connectivity index (χ1n) is 7.66. The molecule has 0 radical (unpaired) electrons. The van der Waals surface area contributed by atoms with Gasteiger partial charge in [0.25, 0.3) is 11.5 Å². The second kappa shape index (κ2) is 7.83. The Balaban J connectivity index is 1.74. The number of halogens is 1. The highest BCUT2D eigenvalue weighted by molar-refractivity contribution is 7.98. The van der Waals surface area contributed by atoms with Gasteiger partial charge in [0.1, 0.15) is 11.5 Å². The smallest absolute Gasteiger partial charge is 0.277 e. The number of nitrogens with zero attached hydrogens (tertiary/aromatic N) is 1. The Bertz CT molecular complexity index is 992. The third-order valence-corrected chi connectivity index (χ3v) is 4.41. The molecule has 0 fully saturated rings. The van der Waals surface area contributed by atoms with Crippen molar-refractivity contribution in [2.75, 3.05) is 11.1 Å². The molecule has 132 valence electrons. The van der Waals surface area contributed by atoms with Crippen molar-refractivity contribution in [3.63, 3.8) is 0 Å². The molecule has 0 aliphatic rings. The molecule has 0 atom stereocenters. The van der Waals surface area contributed by atoms with Crippen LogP contribution in [0, 0.1) is 5.82 Å². The van der Waals surface area contributed by atoms with Gasteiger partial charge in [-0.15, -0.1) is 0 Å². The fraction of sp³-hybridized carbons (Fsp3) is 0.0556. The summed E-state index contributed by atoms with van der Waals surface area (Å²) in [5, 5.41) is 2.76. The fourth-order valence-electron chi connectivity index (χ4n) is 2.21. The molecule has 4 N–H and O–H groups in total. The lowest BCUT2D eigenvalue weighted by Crippen LogP contribution is -2.23. The number of aromatic nitrogens is 2. The molecule has 26 heavy (non-hydrogen) atoms. The number of benzene rings is 2. The van der Waals surface area contributed by atoms with E-state index in [4.69, 9.17) is 5.73 Å². The molecule has 0 aliphatic heterocycles. The van der Waals surface area contributed by atoms with Crippen molar-refractivity contribution in [2.45, 2.75) is 10.9 Å². The van der Waals surface area contributed by atoms with Gasteiger partial charge in [-0.05, 0) is 29.8 Å². The topological polar surface area (TPSA) is 101 Å². The number of H-pyrrole nitrogens is 1. The average molecular weight is 370 g/mol. The highest BCUT2D eigenvalue weighted by Crippen LogP contribution is 2.21. The van der Waals surface area contributed by atoms with Crippen molar-refractivity contribution >= 4 is 29.2 Å². The fourth-order valence-corrected chi connectivity index (χ4v) is 3.02. The Morgan fingerprint density at radius 1 is 1.19 bits per heavy atom. The van der Waals surface area contributed by atoms with Gasteiger partial charge in [-0.3, -0.25) is 14.6 Å². The Kier molecular flexibility index (Phi) is 5.33. The molecule has 3 rings (SSSR count). The van der Waals surface area contributed by atoms with Gasteiger partial charge in [0.15, 0.2) is 11.0 Å². The first-order valence-corrected chi connectivity index (χ1v) is 8.65. The van der Waals surface area contributed by atoms with E-state index in [-0.39, 0.29) is 22.5 Å². The van der Waals surface area contributed by atoms with Crippen molar-refractivity contribution in [3.05, 3.63) is 81.9 Å². The highest BCUT2D eigenvalue weighted by atomic mass is 32.2. The molecular formula is C18H15FN4O2S. The second-order valence-electron chi connectivity index (χ2n) is 5.37. The third-order valence-electron chi connectivity index (χ3n) is 3.46. The molecule has 0 unspecified atom stereocenters. The van der Waals surface area contributed by atoms with Crippen LogP contribution in [-0.4, -0.2) is 15.9 Å². The number of aromatic amines is 1. The van der Waals surface area contributed by atoms with Gasteiger partial charge in [0.05, 0.1) is 0 Å². The monoisotopic (exact) mass is 370 g/mol. The molecule has 1 amide bonds. The van der Waals surface area contributed by atoms with Crippen molar-refractivity contribution < 1.29 is 9.18 Å². The number of carbonyl (C=O) groups excluding carboxylic acids is 1. The molecule has 0 bridgehead atoms. The first kappa shape index (κ1) is 17.7. The number of nitrogens with two attached hydrogens (primary N) is 1. The largest absolute Gasteiger partial charge is 0.382 e. The zero-order valence-electron chi connectivity index (χ0n) is 13.5. The Labute approximate surface area is 152 Å². The van der Waals surface area contributed by atoms with E-state index in [0.717, 1.165) is 5.56 Å². The number of carbonyl (C=O) groups is 1. The van der Waals surface area contributed by atoms with Gasteiger partial charge in [-0.2, -0.15) is 0 Å². The molecule has 3 aromatic rings. The van der Waals surface area contributed by atoms with Crippen LogP contribution in [0.5, 0.6) is 0 Å². The summed E-state index contributed by atoms with van der Waals surface area (Å²) in [4.78, 5) is 31.0. The minimum absolute atomic E-state index is 0.0835. The van der Waals surface area contributed by atoms with Crippen LogP contribution in [0.3, 0.4) is 0 Å². The number of hydrogen-bond donors (Lipinski definition) is 3. The molecule has 0 aliphatic carbocycles. The Morgan fingerprint density at radius 2 is 1.96 bits per heavy atom. The van der Waals surface area contributed by atoms with E-state index in [2.05, 4.69) is 15.3 Å². The van der Waals surface area contributed by atoms with E-state index in [0.29, 0.717) is 11.3 Å². The summed E-state index contributed by atoms with van der Waals surface area (Å²) < 4.78 is 13.2. The summed E-state index contributed by atoms with van der Waals surface area (Å²) >= 11 is 1.21. The molecule has 6 nitrogen and oxygen atoms in total. The number of hydrogen-bond acceptors (Lipinski definition) is 5. The number of nitrogen functional groups attached to an aromatic ring is 1. The van der Waals surface area contributed by atoms with Gasteiger partial charge < -0.3 is 11.1 Å². The van der Waals surface area contributed by atoms with Gasteiger partial charge in [0, 0.05) is 11.3 Å². The zero-order chi connectivity index (χ0) is 18.5.